The largest absolute Gasteiger partial charge is 0.348 e. The van der Waals surface area contributed by atoms with Gasteiger partial charge in [0.1, 0.15) is 0 Å². The Bertz CT molecular complexity index is 442. The lowest BCUT2D eigenvalue weighted by molar-refractivity contribution is 0.0966. The minimum absolute atomic E-state index is 0.00231. The van der Waals surface area contributed by atoms with Crippen LogP contribution in [0.4, 0.5) is 0 Å². The molecule has 0 bridgehead atoms. The van der Waals surface area contributed by atoms with Crippen LogP contribution in [-0.4, -0.2) is 11.2 Å². The Morgan fingerprint density at radius 2 is 2.36 bits per heavy atom. The molecule has 0 radical (unpaired) electrons. The van der Waals surface area contributed by atoms with Crippen LogP contribution in [0, 0.1) is 11.8 Å². The maximum Gasteiger partial charge on any atom is 0.251 e. The molecule has 2 rings (SSSR count). The molecule has 1 amide bonds. The molecule has 1 aromatic carbocycles. The molecule has 3 heteroatoms. The Balaban J connectivity index is 2.49. The van der Waals surface area contributed by atoms with Gasteiger partial charge in [0.25, 0.3) is 5.91 Å². The number of carbonyl (C=O) groups excluding carboxylic acids is 1. The molecule has 0 saturated heterocycles. The van der Waals surface area contributed by atoms with Crippen LogP contribution in [0.2, 0.25) is 0 Å². The van der Waals surface area contributed by atoms with Gasteiger partial charge in [0, 0.05) is 17.7 Å². The third kappa shape index (κ3) is 1.53. The van der Waals surface area contributed by atoms with Crippen LogP contribution in [0.1, 0.15) is 21.5 Å². The molecule has 1 aliphatic heterocycles. The van der Waals surface area contributed by atoms with E-state index in [1.807, 2.05) is 18.2 Å². The molecule has 70 valence electrons. The third-order valence-corrected chi connectivity index (χ3v) is 2.42. The van der Waals surface area contributed by atoms with Crippen LogP contribution in [0.3, 0.4) is 0 Å². The van der Waals surface area contributed by atoms with Crippen LogP contribution in [0.25, 0.3) is 0 Å². The van der Waals surface area contributed by atoms with Crippen molar-refractivity contribution >= 4 is 21.8 Å². The van der Waals surface area contributed by atoms with E-state index in [0.717, 1.165) is 16.7 Å². The highest BCUT2D eigenvalue weighted by Crippen LogP contribution is 2.18. The van der Waals surface area contributed by atoms with E-state index in [0.29, 0.717) is 11.9 Å². The maximum atomic E-state index is 11.3. The van der Waals surface area contributed by atoms with Crippen molar-refractivity contribution in [1.29, 1.82) is 0 Å². The summed E-state index contributed by atoms with van der Waals surface area (Å²) in [6.07, 6.45) is 0. The number of carbonyl (C=O) groups is 1. The second-order valence-electron chi connectivity index (χ2n) is 2.95. The first-order valence-corrected chi connectivity index (χ1v) is 5.40. The molecule has 0 aromatic heterocycles. The number of amides is 1. The minimum Gasteiger partial charge on any atom is -0.348 e. The van der Waals surface area contributed by atoms with Crippen molar-refractivity contribution < 1.29 is 4.79 Å². The Morgan fingerprint density at radius 1 is 1.50 bits per heavy atom. The number of benzene rings is 1. The van der Waals surface area contributed by atoms with Gasteiger partial charge in [-0.15, -0.1) is 0 Å². The molecule has 0 atom stereocenters. The zero-order chi connectivity index (χ0) is 9.97. The van der Waals surface area contributed by atoms with Gasteiger partial charge in [0.15, 0.2) is 0 Å². The summed E-state index contributed by atoms with van der Waals surface area (Å²) in [5.41, 5.74) is 2.72. The number of alkyl halides is 1. The fourth-order valence-corrected chi connectivity index (χ4v) is 1.64. The monoisotopic (exact) mass is 249 g/mol. The summed E-state index contributed by atoms with van der Waals surface area (Å²) in [5, 5.41) is 3.43. The molecule has 14 heavy (non-hydrogen) atoms. The van der Waals surface area contributed by atoms with Gasteiger partial charge in [0.05, 0.1) is 5.33 Å². The fraction of sp³-hybridized carbons (Fsp3) is 0.182. The maximum absolute atomic E-state index is 11.3. The zero-order valence-corrected chi connectivity index (χ0v) is 9.02. The Labute approximate surface area is 90.8 Å². The Hall–Kier alpha value is -1.27. The van der Waals surface area contributed by atoms with E-state index >= 15 is 0 Å². The highest BCUT2D eigenvalue weighted by molar-refractivity contribution is 9.09. The smallest absolute Gasteiger partial charge is 0.251 e. The van der Waals surface area contributed by atoms with Gasteiger partial charge < -0.3 is 5.32 Å². The summed E-state index contributed by atoms with van der Waals surface area (Å²) >= 11 is 3.24. The normalized spacial score (nSPS) is 12.8. The van der Waals surface area contributed by atoms with E-state index in [-0.39, 0.29) is 5.91 Å². The van der Waals surface area contributed by atoms with Crippen molar-refractivity contribution in [2.45, 2.75) is 6.54 Å². The molecular formula is C11H8BrNO. The van der Waals surface area contributed by atoms with Crippen LogP contribution >= 0.6 is 15.9 Å². The van der Waals surface area contributed by atoms with Crippen molar-refractivity contribution in [1.82, 2.24) is 5.32 Å². The van der Waals surface area contributed by atoms with Crippen molar-refractivity contribution in [3.63, 3.8) is 0 Å². The third-order valence-electron chi connectivity index (χ3n) is 2.14. The summed E-state index contributed by atoms with van der Waals surface area (Å²) in [4.78, 5) is 11.3. The first-order chi connectivity index (χ1) is 6.83. The van der Waals surface area contributed by atoms with Crippen molar-refractivity contribution in [3.05, 3.63) is 34.9 Å². The van der Waals surface area contributed by atoms with Crippen molar-refractivity contribution in [2.75, 3.05) is 5.33 Å². The molecule has 0 aliphatic carbocycles. The lowest BCUT2D eigenvalue weighted by atomic mass is 10.0. The highest BCUT2D eigenvalue weighted by Gasteiger charge is 2.20. The summed E-state index contributed by atoms with van der Waals surface area (Å²) in [7, 11) is 0. The molecule has 0 spiro atoms. The molecule has 1 N–H and O–H groups in total. The molecular weight excluding hydrogens is 242 g/mol. The van der Waals surface area contributed by atoms with E-state index in [4.69, 9.17) is 0 Å². The van der Waals surface area contributed by atoms with Crippen molar-refractivity contribution in [3.8, 4) is 11.8 Å². The van der Waals surface area contributed by atoms with Gasteiger partial charge in [-0.1, -0.05) is 33.8 Å². The van der Waals surface area contributed by atoms with E-state index in [1.54, 1.807) is 0 Å². The number of fused-ring (bicyclic) bond motifs is 1. The number of nitrogens with one attached hydrogen (secondary N) is 1. The van der Waals surface area contributed by atoms with E-state index in [9.17, 15) is 4.79 Å². The highest BCUT2D eigenvalue weighted by atomic mass is 79.9. The van der Waals surface area contributed by atoms with Gasteiger partial charge in [-0.3, -0.25) is 4.79 Å². The molecule has 0 saturated carbocycles. The standard InChI is InChI=1S/C11H8BrNO/c12-6-2-4-8-3-1-5-9-10(8)7-13-11(9)14/h1,3,5H,6-7H2,(H,13,14). The fourth-order valence-electron chi connectivity index (χ4n) is 1.50. The molecule has 2 nitrogen and oxygen atoms in total. The SMILES string of the molecule is O=C1NCc2c(C#CCBr)cccc21. The predicted octanol–water partition coefficient (Wildman–Crippen LogP) is 1.68. The van der Waals surface area contributed by atoms with Crippen LogP contribution < -0.4 is 5.32 Å². The minimum atomic E-state index is 0.00231. The zero-order valence-electron chi connectivity index (χ0n) is 7.43. The number of hydrogen-bond acceptors (Lipinski definition) is 1. The van der Waals surface area contributed by atoms with Crippen LogP contribution in [0.15, 0.2) is 18.2 Å². The number of rotatable bonds is 0. The second kappa shape index (κ2) is 3.85. The Kier molecular flexibility index (Phi) is 2.55. The lowest BCUT2D eigenvalue weighted by Gasteiger charge is -1.97. The molecule has 1 heterocycles. The molecule has 1 aliphatic rings. The van der Waals surface area contributed by atoms with Gasteiger partial charge in [-0.25, -0.2) is 0 Å². The van der Waals surface area contributed by atoms with Crippen LogP contribution in [-0.2, 0) is 6.54 Å². The van der Waals surface area contributed by atoms with Gasteiger partial charge >= 0.3 is 0 Å². The summed E-state index contributed by atoms with van der Waals surface area (Å²) in [6.45, 7) is 0.599. The Morgan fingerprint density at radius 3 is 3.14 bits per heavy atom. The molecule has 1 aromatic rings. The van der Waals surface area contributed by atoms with Gasteiger partial charge in [-0.05, 0) is 17.7 Å². The summed E-state index contributed by atoms with van der Waals surface area (Å²) < 4.78 is 0. The van der Waals surface area contributed by atoms with E-state index < -0.39 is 0 Å². The average molecular weight is 250 g/mol. The molecule has 0 unspecified atom stereocenters. The van der Waals surface area contributed by atoms with Crippen LogP contribution in [0.5, 0.6) is 0 Å². The lowest BCUT2D eigenvalue weighted by Crippen LogP contribution is -2.12. The average Bonchev–Trinajstić information content (AvgIpc) is 2.58. The van der Waals surface area contributed by atoms with E-state index in [1.165, 1.54) is 0 Å². The van der Waals surface area contributed by atoms with Gasteiger partial charge in [0.2, 0.25) is 0 Å². The van der Waals surface area contributed by atoms with Gasteiger partial charge in [-0.2, -0.15) is 0 Å². The molecule has 0 fully saturated rings. The second-order valence-corrected chi connectivity index (χ2v) is 3.51. The van der Waals surface area contributed by atoms with Crippen molar-refractivity contribution in [2.24, 2.45) is 0 Å². The summed E-state index contributed by atoms with van der Waals surface area (Å²) in [5.74, 6) is 5.97. The quantitative estimate of drug-likeness (QED) is 0.550. The first kappa shape index (κ1) is 9.29. The number of halogens is 1. The summed E-state index contributed by atoms with van der Waals surface area (Å²) in [6, 6.07) is 5.63. The first-order valence-electron chi connectivity index (χ1n) is 4.28. The van der Waals surface area contributed by atoms with E-state index in [2.05, 4.69) is 33.1 Å². The number of hydrogen-bond donors (Lipinski definition) is 1. The predicted molar refractivity (Wildman–Crippen MR) is 58.3 cm³/mol. The topological polar surface area (TPSA) is 29.1 Å².